The predicted octanol–water partition coefficient (Wildman–Crippen LogP) is 3.87. The van der Waals surface area contributed by atoms with Gasteiger partial charge in [0.2, 0.25) is 5.89 Å². The molecule has 0 aliphatic carbocycles. The monoisotopic (exact) mass is 329 g/mol. The van der Waals surface area contributed by atoms with E-state index in [4.69, 9.17) is 4.42 Å². The molecule has 1 unspecified atom stereocenters. The van der Waals surface area contributed by atoms with Gasteiger partial charge in [0, 0.05) is 17.9 Å². The lowest BCUT2D eigenvalue weighted by Crippen LogP contribution is -2.47. The van der Waals surface area contributed by atoms with E-state index in [1.165, 1.54) is 44.5 Å². The highest BCUT2D eigenvalue weighted by atomic mass is 32.2. The van der Waals surface area contributed by atoms with E-state index in [0.29, 0.717) is 11.1 Å². The van der Waals surface area contributed by atoms with Crippen LogP contribution in [-0.4, -0.2) is 40.5 Å². The van der Waals surface area contributed by atoms with Crippen LogP contribution >= 0.6 is 11.8 Å². The van der Waals surface area contributed by atoms with E-state index in [2.05, 4.69) is 28.1 Å². The van der Waals surface area contributed by atoms with E-state index in [-0.39, 0.29) is 0 Å². The molecular formula is C18H23N3OS. The highest BCUT2D eigenvalue weighted by molar-refractivity contribution is 7.99. The van der Waals surface area contributed by atoms with Crippen LogP contribution in [0.1, 0.15) is 24.8 Å². The first-order valence-corrected chi connectivity index (χ1v) is 9.53. The predicted molar refractivity (Wildman–Crippen MR) is 92.5 cm³/mol. The van der Waals surface area contributed by atoms with Gasteiger partial charge in [0.15, 0.2) is 0 Å². The van der Waals surface area contributed by atoms with Crippen LogP contribution in [0.3, 0.4) is 0 Å². The van der Waals surface area contributed by atoms with E-state index in [1.807, 2.05) is 18.2 Å². The first-order chi connectivity index (χ1) is 11.3. The first kappa shape index (κ1) is 15.2. The Morgan fingerprint density at radius 1 is 1.22 bits per heavy atom. The Morgan fingerprint density at radius 2 is 2.04 bits per heavy atom. The Morgan fingerprint density at radius 3 is 2.78 bits per heavy atom. The minimum atomic E-state index is 0.633. The second kappa shape index (κ2) is 6.65. The van der Waals surface area contributed by atoms with Gasteiger partial charge in [-0.3, -0.25) is 0 Å². The molecule has 0 radical (unpaired) electrons. The van der Waals surface area contributed by atoms with Crippen molar-refractivity contribution in [2.45, 2.75) is 31.4 Å². The summed E-state index contributed by atoms with van der Waals surface area (Å²) in [7, 11) is 0. The molecule has 1 aromatic heterocycles. The lowest BCUT2D eigenvalue weighted by atomic mass is 9.78. The molecule has 3 saturated heterocycles. The summed E-state index contributed by atoms with van der Waals surface area (Å²) in [6, 6.07) is 8.13. The van der Waals surface area contributed by atoms with Crippen LogP contribution in [-0.2, 0) is 0 Å². The molecule has 0 spiro atoms. The van der Waals surface area contributed by atoms with Gasteiger partial charge in [-0.2, -0.15) is 0 Å². The average molecular weight is 329 g/mol. The SMILES string of the molecule is Cc1ccccc1-c1nnc(SCCC2CN3CCC2CC3)o1. The van der Waals surface area contributed by atoms with Gasteiger partial charge in [0.05, 0.1) is 0 Å². The summed E-state index contributed by atoms with van der Waals surface area (Å²) >= 11 is 1.70. The Kier molecular flexibility index (Phi) is 4.40. The van der Waals surface area contributed by atoms with E-state index >= 15 is 0 Å². The van der Waals surface area contributed by atoms with Gasteiger partial charge in [-0.1, -0.05) is 30.0 Å². The Labute approximate surface area is 141 Å². The van der Waals surface area contributed by atoms with Crippen LogP contribution in [0.5, 0.6) is 0 Å². The third-order valence-corrected chi connectivity index (χ3v) is 6.14. The molecule has 3 fully saturated rings. The summed E-state index contributed by atoms with van der Waals surface area (Å²) in [5.74, 6) is 3.52. The van der Waals surface area contributed by atoms with Crippen LogP contribution in [0.2, 0.25) is 0 Å². The molecule has 0 saturated carbocycles. The van der Waals surface area contributed by atoms with E-state index in [1.54, 1.807) is 11.8 Å². The van der Waals surface area contributed by atoms with Crippen LogP contribution in [0, 0.1) is 18.8 Å². The van der Waals surface area contributed by atoms with Crippen LogP contribution < -0.4 is 0 Å². The molecule has 1 aromatic carbocycles. The van der Waals surface area contributed by atoms with Crippen molar-refractivity contribution < 1.29 is 4.42 Å². The van der Waals surface area contributed by atoms with Gasteiger partial charge in [-0.05, 0) is 62.7 Å². The molecule has 0 N–H and O–H groups in total. The van der Waals surface area contributed by atoms with Gasteiger partial charge in [-0.15, -0.1) is 10.2 Å². The molecule has 0 amide bonds. The number of piperidine rings is 3. The van der Waals surface area contributed by atoms with Crippen molar-refractivity contribution in [3.8, 4) is 11.5 Å². The van der Waals surface area contributed by atoms with Gasteiger partial charge in [0.25, 0.3) is 5.22 Å². The maximum absolute atomic E-state index is 5.83. The average Bonchev–Trinajstić information content (AvgIpc) is 3.05. The highest BCUT2D eigenvalue weighted by Gasteiger charge is 2.33. The normalized spacial score (nSPS) is 26.6. The quantitative estimate of drug-likeness (QED) is 0.779. The molecule has 5 heteroatoms. The Bertz CT molecular complexity index is 664. The highest BCUT2D eigenvalue weighted by Crippen LogP contribution is 2.35. The van der Waals surface area contributed by atoms with Crippen molar-refractivity contribution in [1.29, 1.82) is 0 Å². The summed E-state index contributed by atoms with van der Waals surface area (Å²) < 4.78 is 5.83. The second-order valence-corrected chi connectivity index (χ2v) is 7.77. The zero-order valence-electron chi connectivity index (χ0n) is 13.6. The number of hydrogen-bond donors (Lipinski definition) is 0. The van der Waals surface area contributed by atoms with Gasteiger partial charge in [-0.25, -0.2) is 0 Å². The van der Waals surface area contributed by atoms with E-state index in [0.717, 1.165) is 23.2 Å². The molecular weight excluding hydrogens is 306 g/mol. The Balaban J connectivity index is 1.33. The smallest absolute Gasteiger partial charge is 0.276 e. The number of benzene rings is 1. The third kappa shape index (κ3) is 3.31. The molecule has 122 valence electrons. The maximum Gasteiger partial charge on any atom is 0.276 e. The number of nitrogens with zero attached hydrogens (tertiary/aromatic N) is 3. The molecule has 5 rings (SSSR count). The van der Waals surface area contributed by atoms with Gasteiger partial charge < -0.3 is 9.32 Å². The van der Waals surface area contributed by atoms with Crippen molar-refractivity contribution in [3.05, 3.63) is 29.8 Å². The fourth-order valence-electron chi connectivity index (χ4n) is 3.90. The first-order valence-electron chi connectivity index (χ1n) is 8.54. The largest absolute Gasteiger partial charge is 0.411 e. The number of thioether (sulfide) groups is 1. The lowest BCUT2D eigenvalue weighted by Gasteiger charge is -2.44. The minimum Gasteiger partial charge on any atom is -0.411 e. The maximum atomic E-state index is 5.83. The molecule has 3 aliphatic rings. The van der Waals surface area contributed by atoms with Crippen LogP contribution in [0.4, 0.5) is 0 Å². The zero-order valence-corrected chi connectivity index (χ0v) is 14.4. The summed E-state index contributed by atoms with van der Waals surface area (Å²) in [6.45, 7) is 6.00. The number of fused-ring (bicyclic) bond motifs is 3. The van der Waals surface area contributed by atoms with Crippen molar-refractivity contribution in [2.24, 2.45) is 11.8 Å². The summed E-state index contributed by atoms with van der Waals surface area (Å²) in [4.78, 5) is 2.62. The van der Waals surface area contributed by atoms with Crippen LogP contribution in [0.25, 0.3) is 11.5 Å². The molecule has 1 atom stereocenters. The van der Waals surface area contributed by atoms with Crippen molar-refractivity contribution >= 4 is 11.8 Å². The standard InChI is InChI=1S/C18H23N3OS/c1-13-4-2-3-5-16(13)17-19-20-18(22-17)23-11-8-15-12-21-9-6-14(15)7-10-21/h2-5,14-15H,6-12H2,1H3. The summed E-state index contributed by atoms with van der Waals surface area (Å²) in [5, 5.41) is 9.10. The minimum absolute atomic E-state index is 0.633. The fourth-order valence-corrected chi connectivity index (χ4v) is 4.73. The van der Waals surface area contributed by atoms with Crippen molar-refractivity contribution in [1.82, 2.24) is 15.1 Å². The third-order valence-electron chi connectivity index (χ3n) is 5.29. The lowest BCUT2D eigenvalue weighted by molar-refractivity contribution is 0.0498. The van der Waals surface area contributed by atoms with Crippen molar-refractivity contribution in [2.75, 3.05) is 25.4 Å². The second-order valence-electron chi connectivity index (χ2n) is 6.72. The summed E-state index contributed by atoms with van der Waals surface area (Å²) in [5.41, 5.74) is 2.20. The summed E-state index contributed by atoms with van der Waals surface area (Å²) in [6.07, 6.45) is 4.05. The van der Waals surface area contributed by atoms with Crippen molar-refractivity contribution in [3.63, 3.8) is 0 Å². The number of aromatic nitrogens is 2. The zero-order chi connectivity index (χ0) is 15.6. The molecule has 2 aromatic rings. The Hall–Kier alpha value is -1.33. The van der Waals surface area contributed by atoms with E-state index < -0.39 is 0 Å². The van der Waals surface area contributed by atoms with Gasteiger partial charge >= 0.3 is 0 Å². The van der Waals surface area contributed by atoms with Gasteiger partial charge in [0.1, 0.15) is 0 Å². The molecule has 4 heterocycles. The number of hydrogen-bond acceptors (Lipinski definition) is 5. The molecule has 2 bridgehead atoms. The van der Waals surface area contributed by atoms with E-state index in [9.17, 15) is 0 Å². The molecule has 23 heavy (non-hydrogen) atoms. The molecule has 4 nitrogen and oxygen atoms in total. The fraction of sp³-hybridized carbons (Fsp3) is 0.556. The number of aryl methyl sites for hydroxylation is 1. The number of rotatable bonds is 5. The topological polar surface area (TPSA) is 42.2 Å². The molecule has 3 aliphatic heterocycles. The van der Waals surface area contributed by atoms with Crippen LogP contribution in [0.15, 0.2) is 33.9 Å².